The second-order valence-electron chi connectivity index (χ2n) is 9.71. The zero-order chi connectivity index (χ0) is 27.2. The van der Waals surface area contributed by atoms with E-state index in [-0.39, 0.29) is 0 Å². The van der Waals surface area contributed by atoms with Crippen molar-refractivity contribution < 1.29 is 28.5 Å². The van der Waals surface area contributed by atoms with Crippen LogP contribution in [0.2, 0.25) is 0 Å². The van der Waals surface area contributed by atoms with Crippen LogP contribution in [0.3, 0.4) is 0 Å². The van der Waals surface area contributed by atoms with E-state index in [0.29, 0.717) is 46.3 Å². The fourth-order valence-corrected chi connectivity index (χ4v) is 4.50. The lowest BCUT2D eigenvalue weighted by Crippen LogP contribution is -2.14. The van der Waals surface area contributed by atoms with Gasteiger partial charge in [-0.1, -0.05) is 102 Å². The summed E-state index contributed by atoms with van der Waals surface area (Å²) in [6.45, 7) is 7.07. The van der Waals surface area contributed by atoms with Crippen LogP contribution in [0.4, 0.5) is 9.59 Å². The molecule has 3 aromatic rings. The average molecular weight is 523 g/mol. The van der Waals surface area contributed by atoms with Crippen molar-refractivity contribution in [3.63, 3.8) is 0 Å². The largest absolute Gasteiger partial charge is 0.513 e. The minimum atomic E-state index is -0.733. The number of aryl methyl sites for hydroxylation is 1. The number of unbranched alkanes of at least 4 members (excludes halogenated alkanes) is 7. The molecule has 0 spiro atoms. The Hall–Kier alpha value is -3.28. The van der Waals surface area contributed by atoms with Gasteiger partial charge in [-0.05, 0) is 37.3 Å². The second-order valence-corrected chi connectivity index (χ2v) is 9.71. The Morgan fingerprint density at radius 2 is 1.08 bits per heavy atom. The zero-order valence-corrected chi connectivity index (χ0v) is 23.2. The summed E-state index contributed by atoms with van der Waals surface area (Å²) in [4.78, 5) is 25.3. The van der Waals surface area contributed by atoms with Crippen molar-refractivity contribution >= 4 is 33.9 Å². The molecule has 0 atom stereocenters. The summed E-state index contributed by atoms with van der Waals surface area (Å²) < 4.78 is 22.4. The van der Waals surface area contributed by atoms with E-state index in [1.165, 1.54) is 0 Å². The highest BCUT2D eigenvalue weighted by molar-refractivity contribution is 6.12. The molecule has 0 radical (unpaired) electrons. The maximum atomic E-state index is 12.7. The SMILES string of the molecule is CCCCCCOC(=O)Oc1c2ccccc2c(OC(=O)OCCCCCC)c2cc(CCCC)ccc12. The van der Waals surface area contributed by atoms with E-state index in [1.54, 1.807) is 0 Å². The molecule has 206 valence electrons. The quantitative estimate of drug-likeness (QED) is 0.0856. The number of fused-ring (bicyclic) bond motifs is 2. The molecule has 0 unspecified atom stereocenters. The lowest BCUT2D eigenvalue weighted by atomic mass is 9.97. The van der Waals surface area contributed by atoms with Crippen LogP contribution in [0.25, 0.3) is 21.5 Å². The molecule has 0 N–H and O–H groups in total. The molecule has 3 rings (SSSR count). The average Bonchev–Trinajstić information content (AvgIpc) is 2.93. The van der Waals surface area contributed by atoms with Crippen LogP contribution in [0.5, 0.6) is 11.5 Å². The monoisotopic (exact) mass is 522 g/mol. The fourth-order valence-electron chi connectivity index (χ4n) is 4.50. The van der Waals surface area contributed by atoms with Gasteiger partial charge in [0, 0.05) is 21.5 Å². The van der Waals surface area contributed by atoms with Gasteiger partial charge in [0.15, 0.2) is 0 Å². The number of hydrogen-bond acceptors (Lipinski definition) is 6. The minimum Gasteiger partial charge on any atom is -0.434 e. The zero-order valence-electron chi connectivity index (χ0n) is 23.2. The summed E-state index contributed by atoms with van der Waals surface area (Å²) in [6.07, 6.45) is 9.63. The summed E-state index contributed by atoms with van der Waals surface area (Å²) >= 11 is 0. The fraction of sp³-hybridized carbons (Fsp3) is 0.500. The van der Waals surface area contributed by atoms with E-state index in [9.17, 15) is 9.59 Å². The molecule has 0 fully saturated rings. The van der Waals surface area contributed by atoms with Crippen molar-refractivity contribution in [1.29, 1.82) is 0 Å². The molecule has 6 heteroatoms. The molecule has 0 aliphatic carbocycles. The van der Waals surface area contributed by atoms with Gasteiger partial charge < -0.3 is 18.9 Å². The first kappa shape index (κ1) is 29.3. The Balaban J connectivity index is 1.94. The third-order valence-electron chi connectivity index (χ3n) is 6.61. The molecule has 0 aromatic heterocycles. The first-order valence-electron chi connectivity index (χ1n) is 14.3. The van der Waals surface area contributed by atoms with Crippen LogP contribution >= 0.6 is 0 Å². The van der Waals surface area contributed by atoms with Gasteiger partial charge in [-0.15, -0.1) is 0 Å². The molecule has 3 aromatic carbocycles. The van der Waals surface area contributed by atoms with Gasteiger partial charge in [0.2, 0.25) is 0 Å². The Morgan fingerprint density at radius 3 is 1.61 bits per heavy atom. The van der Waals surface area contributed by atoms with Crippen molar-refractivity contribution in [2.24, 2.45) is 0 Å². The van der Waals surface area contributed by atoms with Gasteiger partial charge in [-0.3, -0.25) is 0 Å². The molecule has 0 heterocycles. The van der Waals surface area contributed by atoms with Crippen molar-refractivity contribution in [2.75, 3.05) is 13.2 Å². The third-order valence-corrected chi connectivity index (χ3v) is 6.61. The highest BCUT2D eigenvalue weighted by Gasteiger charge is 2.21. The number of carbonyl (C=O) groups excluding carboxylic acids is 2. The Bertz CT molecular complexity index is 1190. The van der Waals surface area contributed by atoms with Crippen molar-refractivity contribution in [3.05, 3.63) is 48.0 Å². The van der Waals surface area contributed by atoms with Crippen LogP contribution in [0.1, 0.15) is 90.5 Å². The third kappa shape index (κ3) is 8.37. The number of rotatable bonds is 15. The van der Waals surface area contributed by atoms with Crippen molar-refractivity contribution in [2.45, 2.75) is 91.4 Å². The summed E-state index contributed by atoms with van der Waals surface area (Å²) in [5, 5.41) is 2.71. The number of ether oxygens (including phenoxy) is 4. The molecule has 38 heavy (non-hydrogen) atoms. The molecular weight excluding hydrogens is 480 g/mol. The van der Waals surface area contributed by atoms with E-state index in [4.69, 9.17) is 18.9 Å². The maximum absolute atomic E-state index is 12.7. The smallest absolute Gasteiger partial charge is 0.434 e. The van der Waals surface area contributed by atoms with Gasteiger partial charge in [0.05, 0.1) is 13.2 Å². The molecule has 0 aliphatic rings. The maximum Gasteiger partial charge on any atom is 0.513 e. The number of carbonyl (C=O) groups is 2. The van der Waals surface area contributed by atoms with Gasteiger partial charge in [-0.25, -0.2) is 9.59 Å². The molecule has 6 nitrogen and oxygen atoms in total. The van der Waals surface area contributed by atoms with Gasteiger partial charge in [0.25, 0.3) is 0 Å². The van der Waals surface area contributed by atoms with Crippen LogP contribution < -0.4 is 9.47 Å². The van der Waals surface area contributed by atoms with Crippen molar-refractivity contribution in [3.8, 4) is 11.5 Å². The van der Waals surface area contributed by atoms with E-state index >= 15 is 0 Å². The van der Waals surface area contributed by atoms with E-state index in [2.05, 4.69) is 20.8 Å². The number of benzene rings is 3. The van der Waals surface area contributed by atoms with Gasteiger partial charge in [-0.2, -0.15) is 0 Å². The lowest BCUT2D eigenvalue weighted by molar-refractivity contribution is 0.0965. The summed E-state index contributed by atoms with van der Waals surface area (Å²) in [5.74, 6) is 0.810. The van der Waals surface area contributed by atoms with E-state index < -0.39 is 12.3 Å². The Labute approximate surface area is 226 Å². The standard InChI is InChI=1S/C32H42O6/c1-4-7-10-14-21-35-31(33)37-29-25-17-12-13-18-26(25)30(38-32(34)36-22-15-11-8-5-2)28-23-24(16-9-6-3)19-20-27(28)29/h12-13,17-20,23H,4-11,14-16,21-22H2,1-3H3. The summed E-state index contributed by atoms with van der Waals surface area (Å²) in [5.41, 5.74) is 1.12. The number of hydrogen-bond donors (Lipinski definition) is 0. The van der Waals surface area contributed by atoms with Crippen LogP contribution in [-0.4, -0.2) is 25.5 Å². The Morgan fingerprint density at radius 1 is 0.579 bits per heavy atom. The van der Waals surface area contributed by atoms with Gasteiger partial charge >= 0.3 is 12.3 Å². The summed E-state index contributed by atoms with van der Waals surface area (Å²) in [7, 11) is 0. The normalized spacial score (nSPS) is 11.0. The molecule has 0 amide bonds. The Kier molecular flexibility index (Phi) is 12.2. The van der Waals surface area contributed by atoms with E-state index in [0.717, 1.165) is 76.2 Å². The first-order valence-corrected chi connectivity index (χ1v) is 14.3. The lowest BCUT2D eigenvalue weighted by Gasteiger charge is -2.17. The molecule has 0 saturated carbocycles. The van der Waals surface area contributed by atoms with Gasteiger partial charge in [0.1, 0.15) is 11.5 Å². The molecule has 0 saturated heterocycles. The molecular formula is C32H42O6. The highest BCUT2D eigenvalue weighted by Crippen LogP contribution is 2.43. The summed E-state index contributed by atoms with van der Waals surface area (Å²) in [6, 6.07) is 13.4. The molecule has 0 bridgehead atoms. The van der Waals surface area contributed by atoms with Crippen molar-refractivity contribution in [1.82, 2.24) is 0 Å². The van der Waals surface area contributed by atoms with Crippen LogP contribution in [0.15, 0.2) is 42.5 Å². The first-order chi connectivity index (χ1) is 18.6. The predicted octanol–water partition coefficient (Wildman–Crippen LogP) is 9.53. The molecule has 0 aliphatic heterocycles. The minimum absolute atomic E-state index is 0.321. The van der Waals surface area contributed by atoms with E-state index in [1.807, 2.05) is 42.5 Å². The predicted molar refractivity (Wildman–Crippen MR) is 152 cm³/mol. The highest BCUT2D eigenvalue weighted by atomic mass is 16.7. The second kappa shape index (κ2) is 15.9. The van der Waals surface area contributed by atoms with Crippen LogP contribution in [-0.2, 0) is 15.9 Å². The van der Waals surface area contributed by atoms with Crippen LogP contribution in [0, 0.1) is 0 Å². The topological polar surface area (TPSA) is 71.1 Å².